The van der Waals surface area contributed by atoms with Crippen molar-refractivity contribution in [2.45, 2.75) is 0 Å². The van der Waals surface area contributed by atoms with Crippen LogP contribution in [-0.2, 0) is 0 Å². The average Bonchev–Trinajstić information content (AvgIpc) is 2.47. The van der Waals surface area contributed by atoms with E-state index in [1.54, 1.807) is 30.3 Å². The molecule has 21 heavy (non-hydrogen) atoms. The SMILES string of the molecule is O=C(O)c1cc(-c2ccc3cc(O)ccc3c2)ccc1Cl. The van der Waals surface area contributed by atoms with Gasteiger partial charge in [-0.25, -0.2) is 4.79 Å². The lowest BCUT2D eigenvalue weighted by Crippen LogP contribution is -1.97. The molecular weight excluding hydrogens is 288 g/mol. The van der Waals surface area contributed by atoms with E-state index >= 15 is 0 Å². The lowest BCUT2D eigenvalue weighted by atomic mass is 9.99. The van der Waals surface area contributed by atoms with Crippen molar-refractivity contribution in [1.82, 2.24) is 0 Å². The number of phenols is 1. The lowest BCUT2D eigenvalue weighted by molar-refractivity contribution is 0.0697. The van der Waals surface area contributed by atoms with Gasteiger partial charge in [-0.05, 0) is 52.2 Å². The molecule has 0 saturated carbocycles. The van der Waals surface area contributed by atoms with Gasteiger partial charge in [0.15, 0.2) is 0 Å². The number of phenolic OH excluding ortho intramolecular Hbond substituents is 1. The van der Waals surface area contributed by atoms with E-state index < -0.39 is 5.97 Å². The van der Waals surface area contributed by atoms with Crippen LogP contribution in [0.25, 0.3) is 21.9 Å². The topological polar surface area (TPSA) is 57.5 Å². The van der Waals surface area contributed by atoms with E-state index in [1.807, 2.05) is 24.3 Å². The summed E-state index contributed by atoms with van der Waals surface area (Å²) in [6.07, 6.45) is 0. The molecule has 0 saturated heterocycles. The number of hydrogen-bond acceptors (Lipinski definition) is 2. The number of carbonyl (C=O) groups is 1. The molecule has 0 amide bonds. The number of hydrogen-bond donors (Lipinski definition) is 2. The highest BCUT2D eigenvalue weighted by Gasteiger charge is 2.10. The molecule has 0 bridgehead atoms. The number of aromatic hydroxyl groups is 1. The third-order valence-electron chi connectivity index (χ3n) is 3.35. The van der Waals surface area contributed by atoms with Crippen LogP contribution < -0.4 is 0 Å². The first-order chi connectivity index (χ1) is 10.0. The third kappa shape index (κ3) is 2.56. The van der Waals surface area contributed by atoms with Crippen molar-refractivity contribution < 1.29 is 15.0 Å². The zero-order valence-corrected chi connectivity index (χ0v) is 11.6. The van der Waals surface area contributed by atoms with Crippen LogP contribution in [0.3, 0.4) is 0 Å². The second-order valence-electron chi connectivity index (χ2n) is 4.75. The lowest BCUT2D eigenvalue weighted by Gasteiger charge is -2.07. The summed E-state index contributed by atoms with van der Waals surface area (Å²) in [5, 5.41) is 20.7. The number of carboxylic acid groups (broad SMARTS) is 1. The van der Waals surface area contributed by atoms with E-state index in [9.17, 15) is 9.90 Å². The van der Waals surface area contributed by atoms with E-state index in [2.05, 4.69) is 0 Å². The standard InChI is InChI=1S/C17H11ClO3/c18-16-6-4-13(9-15(16)17(20)21)10-1-2-12-8-14(19)5-3-11(12)7-10/h1-9,19H,(H,20,21). The van der Waals surface area contributed by atoms with E-state index in [1.165, 1.54) is 0 Å². The van der Waals surface area contributed by atoms with Crippen molar-refractivity contribution in [3.05, 3.63) is 65.2 Å². The van der Waals surface area contributed by atoms with E-state index in [0.717, 1.165) is 21.9 Å². The number of benzene rings is 3. The summed E-state index contributed by atoms with van der Waals surface area (Å²) in [6, 6.07) is 15.8. The molecule has 0 aliphatic rings. The van der Waals surface area contributed by atoms with Crippen molar-refractivity contribution in [3.63, 3.8) is 0 Å². The van der Waals surface area contributed by atoms with Crippen LogP contribution in [0.2, 0.25) is 5.02 Å². The van der Waals surface area contributed by atoms with Gasteiger partial charge in [-0.1, -0.05) is 35.9 Å². The van der Waals surface area contributed by atoms with Crippen LogP contribution in [-0.4, -0.2) is 16.2 Å². The van der Waals surface area contributed by atoms with Crippen molar-refractivity contribution >= 4 is 28.3 Å². The monoisotopic (exact) mass is 298 g/mol. The van der Waals surface area contributed by atoms with Crippen LogP contribution in [0, 0.1) is 0 Å². The Bertz CT molecular complexity index is 856. The highest BCUT2D eigenvalue weighted by Crippen LogP contribution is 2.29. The molecule has 2 N–H and O–H groups in total. The van der Waals surface area contributed by atoms with Gasteiger partial charge in [-0.3, -0.25) is 0 Å². The normalized spacial score (nSPS) is 10.7. The molecule has 0 atom stereocenters. The summed E-state index contributed by atoms with van der Waals surface area (Å²) >= 11 is 5.88. The van der Waals surface area contributed by atoms with E-state index in [4.69, 9.17) is 16.7 Å². The Hall–Kier alpha value is -2.52. The molecule has 3 rings (SSSR count). The number of carboxylic acids is 1. The van der Waals surface area contributed by atoms with Crippen molar-refractivity contribution in [2.24, 2.45) is 0 Å². The fraction of sp³-hybridized carbons (Fsp3) is 0. The molecule has 0 aliphatic carbocycles. The molecule has 3 nitrogen and oxygen atoms in total. The fourth-order valence-electron chi connectivity index (χ4n) is 2.28. The van der Waals surface area contributed by atoms with Gasteiger partial charge in [0, 0.05) is 0 Å². The molecule has 0 aliphatic heterocycles. The van der Waals surface area contributed by atoms with Crippen LogP contribution >= 0.6 is 11.6 Å². The Balaban J connectivity index is 2.14. The second-order valence-corrected chi connectivity index (χ2v) is 5.15. The summed E-state index contributed by atoms with van der Waals surface area (Å²) in [5.41, 5.74) is 1.76. The molecule has 0 aromatic heterocycles. The average molecular weight is 299 g/mol. The molecular formula is C17H11ClO3. The molecule has 0 unspecified atom stereocenters. The first kappa shape index (κ1) is 13.5. The third-order valence-corrected chi connectivity index (χ3v) is 3.68. The maximum Gasteiger partial charge on any atom is 0.337 e. The van der Waals surface area contributed by atoms with Gasteiger partial charge < -0.3 is 10.2 Å². The van der Waals surface area contributed by atoms with Gasteiger partial charge in [0.2, 0.25) is 0 Å². The van der Waals surface area contributed by atoms with Crippen LogP contribution in [0.1, 0.15) is 10.4 Å². The van der Waals surface area contributed by atoms with Crippen molar-refractivity contribution in [2.75, 3.05) is 0 Å². The molecule has 3 aromatic carbocycles. The zero-order chi connectivity index (χ0) is 15.0. The number of halogens is 1. The predicted octanol–water partition coefficient (Wildman–Crippen LogP) is 4.56. The van der Waals surface area contributed by atoms with Crippen molar-refractivity contribution in [1.29, 1.82) is 0 Å². The predicted molar refractivity (Wildman–Crippen MR) is 83.0 cm³/mol. The van der Waals surface area contributed by atoms with Gasteiger partial charge >= 0.3 is 5.97 Å². The molecule has 0 heterocycles. The minimum atomic E-state index is -1.05. The minimum absolute atomic E-state index is 0.0833. The molecule has 0 radical (unpaired) electrons. The largest absolute Gasteiger partial charge is 0.508 e. The molecule has 0 fully saturated rings. The van der Waals surface area contributed by atoms with Crippen LogP contribution in [0.4, 0.5) is 0 Å². The van der Waals surface area contributed by atoms with Gasteiger partial charge in [0.05, 0.1) is 10.6 Å². The summed E-state index contributed by atoms with van der Waals surface area (Å²) in [6.45, 7) is 0. The number of aromatic carboxylic acids is 1. The second kappa shape index (κ2) is 5.11. The maximum absolute atomic E-state index is 11.1. The summed E-state index contributed by atoms with van der Waals surface area (Å²) < 4.78 is 0. The fourth-order valence-corrected chi connectivity index (χ4v) is 2.48. The van der Waals surface area contributed by atoms with Gasteiger partial charge in [-0.2, -0.15) is 0 Å². The van der Waals surface area contributed by atoms with Gasteiger partial charge in [0.25, 0.3) is 0 Å². The summed E-state index contributed by atoms with van der Waals surface area (Å²) in [4.78, 5) is 11.1. The van der Waals surface area contributed by atoms with Crippen LogP contribution in [0.15, 0.2) is 54.6 Å². The first-order valence-corrected chi connectivity index (χ1v) is 6.68. The Morgan fingerprint density at radius 2 is 1.48 bits per heavy atom. The van der Waals surface area contributed by atoms with Crippen LogP contribution in [0.5, 0.6) is 5.75 Å². The maximum atomic E-state index is 11.1. The highest BCUT2D eigenvalue weighted by molar-refractivity contribution is 6.33. The Kier molecular flexibility index (Phi) is 3.28. The molecule has 0 spiro atoms. The smallest absolute Gasteiger partial charge is 0.337 e. The first-order valence-electron chi connectivity index (χ1n) is 6.30. The zero-order valence-electron chi connectivity index (χ0n) is 10.9. The number of fused-ring (bicyclic) bond motifs is 1. The molecule has 3 aromatic rings. The highest BCUT2D eigenvalue weighted by atomic mass is 35.5. The molecule has 4 heteroatoms. The minimum Gasteiger partial charge on any atom is -0.508 e. The van der Waals surface area contributed by atoms with Gasteiger partial charge in [0.1, 0.15) is 5.75 Å². The summed E-state index contributed by atoms with van der Waals surface area (Å²) in [5.74, 6) is -0.831. The Morgan fingerprint density at radius 3 is 2.24 bits per heavy atom. The summed E-state index contributed by atoms with van der Waals surface area (Å²) in [7, 11) is 0. The van der Waals surface area contributed by atoms with Gasteiger partial charge in [-0.15, -0.1) is 0 Å². The Labute approximate surface area is 126 Å². The quantitative estimate of drug-likeness (QED) is 0.729. The number of rotatable bonds is 2. The molecule has 104 valence electrons. The van der Waals surface area contributed by atoms with Crippen molar-refractivity contribution in [3.8, 4) is 16.9 Å². The Morgan fingerprint density at radius 1 is 0.857 bits per heavy atom. The van der Waals surface area contributed by atoms with E-state index in [0.29, 0.717) is 0 Å². The van der Waals surface area contributed by atoms with E-state index in [-0.39, 0.29) is 16.3 Å².